The second-order valence-electron chi connectivity index (χ2n) is 9.39. The van der Waals surface area contributed by atoms with Crippen LogP contribution in [-0.2, 0) is 24.5 Å². The highest BCUT2D eigenvalue weighted by Crippen LogP contribution is 2.36. The van der Waals surface area contributed by atoms with Gasteiger partial charge in [-0.3, -0.25) is 9.59 Å². The zero-order chi connectivity index (χ0) is 31.1. The van der Waals surface area contributed by atoms with Crippen LogP contribution in [0.15, 0.2) is 37.1 Å². The predicted octanol–water partition coefficient (Wildman–Crippen LogP) is 4.25. The first-order valence-electron chi connectivity index (χ1n) is 12.3. The SMILES string of the molecule is CS(C)(=O)=Nc1cc(NC(=O)[C@@H](NC(=O)c2nonc2SSC(F)F)C2CCCCC2)ccc1S(=O)(=O)NCC(F)F. The van der Waals surface area contributed by atoms with Crippen LogP contribution in [0.25, 0.3) is 0 Å². The molecule has 1 aromatic heterocycles. The molecule has 3 N–H and O–H groups in total. The lowest BCUT2D eigenvalue weighted by Crippen LogP contribution is -2.49. The van der Waals surface area contributed by atoms with Crippen LogP contribution in [-0.4, -0.2) is 72.0 Å². The Hall–Kier alpha value is -2.42. The minimum Gasteiger partial charge on any atom is -0.338 e. The smallest absolute Gasteiger partial charge is 0.294 e. The van der Waals surface area contributed by atoms with Gasteiger partial charge in [-0.05, 0) is 68.9 Å². The van der Waals surface area contributed by atoms with Crippen molar-refractivity contribution < 1.29 is 44.4 Å². The lowest BCUT2D eigenvalue weighted by Gasteiger charge is -2.30. The highest BCUT2D eigenvalue weighted by molar-refractivity contribution is 8.76. The van der Waals surface area contributed by atoms with Crippen LogP contribution in [0.3, 0.4) is 0 Å². The van der Waals surface area contributed by atoms with Gasteiger partial charge in [-0.15, -0.1) is 0 Å². The Labute approximate surface area is 247 Å². The van der Waals surface area contributed by atoms with Crippen LogP contribution in [0.4, 0.5) is 28.9 Å². The van der Waals surface area contributed by atoms with Gasteiger partial charge in [-0.1, -0.05) is 19.3 Å². The van der Waals surface area contributed by atoms with E-state index in [1.165, 1.54) is 18.6 Å². The topological polar surface area (TPSA) is 173 Å². The number of anilines is 1. The molecular formula is C22H28F4N6O6S4. The number of benzene rings is 1. The van der Waals surface area contributed by atoms with Gasteiger partial charge in [0.25, 0.3) is 18.1 Å². The molecule has 0 aliphatic heterocycles. The molecule has 12 nitrogen and oxygen atoms in total. The summed E-state index contributed by atoms with van der Waals surface area (Å²) in [7, 11) is -6.79. The van der Waals surface area contributed by atoms with E-state index in [2.05, 4.69) is 29.9 Å². The fourth-order valence-corrected chi connectivity index (χ4v) is 7.20. The first-order chi connectivity index (χ1) is 19.7. The minimum absolute atomic E-state index is 0.0259. The second kappa shape index (κ2) is 14.8. The maximum Gasteiger partial charge on any atom is 0.294 e. The Bertz CT molecular complexity index is 1490. The molecule has 1 saturated carbocycles. The molecule has 42 heavy (non-hydrogen) atoms. The van der Waals surface area contributed by atoms with Crippen molar-refractivity contribution in [3.05, 3.63) is 23.9 Å². The van der Waals surface area contributed by atoms with Gasteiger partial charge < -0.3 is 10.6 Å². The Morgan fingerprint density at radius 2 is 1.79 bits per heavy atom. The van der Waals surface area contributed by atoms with Crippen LogP contribution in [0.2, 0.25) is 0 Å². The highest BCUT2D eigenvalue weighted by Gasteiger charge is 2.33. The Kier molecular flexibility index (Phi) is 12.0. The van der Waals surface area contributed by atoms with Crippen molar-refractivity contribution in [3.63, 3.8) is 0 Å². The van der Waals surface area contributed by atoms with Crippen molar-refractivity contribution in [2.45, 2.75) is 60.3 Å². The molecule has 2 amide bonds. The monoisotopic (exact) mass is 676 g/mol. The Morgan fingerprint density at radius 1 is 1.10 bits per heavy atom. The predicted molar refractivity (Wildman–Crippen MR) is 150 cm³/mol. The van der Waals surface area contributed by atoms with E-state index >= 15 is 0 Å². The van der Waals surface area contributed by atoms with Gasteiger partial charge in [-0.2, -0.15) is 13.1 Å². The van der Waals surface area contributed by atoms with E-state index in [1.807, 2.05) is 0 Å². The average molecular weight is 677 g/mol. The summed E-state index contributed by atoms with van der Waals surface area (Å²) >= 11 is 0. The molecule has 1 aromatic carbocycles. The number of hydrogen-bond donors (Lipinski definition) is 3. The molecule has 3 rings (SSSR count). The number of nitrogens with one attached hydrogen (secondary N) is 3. The number of nitrogens with zero attached hydrogens (tertiary/aromatic N) is 3. The van der Waals surface area contributed by atoms with Crippen LogP contribution in [0.5, 0.6) is 0 Å². The standard InChI is InChI=1S/C22H28F4N6O6S4/c1-41(2,35)32-14-10-13(8-9-15(14)42(36,37)27-11-16(23)24)28-19(33)17(12-6-4-3-5-7-12)29-20(34)18-21(31-38-30-18)39-40-22(25)26/h8-10,12,16-17,22,27H,3-7,11H2,1-2H3,(H,28,33)(H,29,34)/t17-/m0/s1. The number of amides is 2. The first-order valence-corrected chi connectivity index (χ1v) is 18.3. The lowest BCUT2D eigenvalue weighted by molar-refractivity contribution is -0.119. The lowest BCUT2D eigenvalue weighted by atomic mass is 9.83. The maximum absolute atomic E-state index is 13.5. The maximum atomic E-state index is 13.5. The molecule has 0 bridgehead atoms. The number of carbonyl (C=O) groups excluding carboxylic acids is 2. The van der Waals surface area contributed by atoms with Crippen LogP contribution in [0.1, 0.15) is 42.6 Å². The molecule has 0 spiro atoms. The summed E-state index contributed by atoms with van der Waals surface area (Å²) in [6, 6.07) is 2.22. The normalized spacial score (nSPS) is 15.5. The van der Waals surface area contributed by atoms with E-state index in [1.54, 1.807) is 4.72 Å². The summed E-state index contributed by atoms with van der Waals surface area (Å²) in [5.74, 6) is -4.62. The third kappa shape index (κ3) is 10.1. The number of aromatic nitrogens is 2. The van der Waals surface area contributed by atoms with Gasteiger partial charge in [0.05, 0.1) is 12.2 Å². The molecule has 1 aliphatic carbocycles. The largest absolute Gasteiger partial charge is 0.338 e. The molecule has 1 atom stereocenters. The fraction of sp³-hybridized carbons (Fsp3) is 0.545. The average Bonchev–Trinajstić information content (AvgIpc) is 3.38. The first kappa shape index (κ1) is 34.1. The van der Waals surface area contributed by atoms with E-state index in [4.69, 9.17) is 0 Å². The molecule has 2 aromatic rings. The van der Waals surface area contributed by atoms with Gasteiger partial charge in [0, 0.05) is 27.9 Å². The second-order valence-corrected chi connectivity index (χ2v) is 15.9. The number of hydrogen-bond acceptors (Lipinski definition) is 11. The summed E-state index contributed by atoms with van der Waals surface area (Å²) in [5, 5.41) is 11.9. The van der Waals surface area contributed by atoms with E-state index in [9.17, 15) is 39.8 Å². The molecular weight excluding hydrogens is 649 g/mol. The Balaban J connectivity index is 1.90. The highest BCUT2D eigenvalue weighted by atomic mass is 33.1. The summed E-state index contributed by atoms with van der Waals surface area (Å²) < 4.78 is 98.4. The number of alkyl halides is 4. The van der Waals surface area contributed by atoms with E-state index in [0.717, 1.165) is 31.4 Å². The molecule has 0 saturated heterocycles. The molecule has 0 unspecified atom stereocenters. The number of rotatable bonds is 13. The van der Waals surface area contributed by atoms with Crippen molar-refractivity contribution in [2.24, 2.45) is 10.3 Å². The van der Waals surface area contributed by atoms with Gasteiger partial charge in [0.2, 0.25) is 21.6 Å². The summed E-state index contributed by atoms with van der Waals surface area (Å²) in [5.41, 5.74) is -0.693. The van der Waals surface area contributed by atoms with Crippen molar-refractivity contribution >= 4 is 64.5 Å². The quantitative estimate of drug-likeness (QED) is 0.206. The molecule has 0 radical (unpaired) electrons. The number of halogens is 4. The van der Waals surface area contributed by atoms with Gasteiger partial charge in [-0.25, -0.2) is 30.8 Å². The third-order valence-corrected chi connectivity index (χ3v) is 9.80. The summed E-state index contributed by atoms with van der Waals surface area (Å²) in [4.78, 5) is 26.0. The zero-order valence-electron chi connectivity index (χ0n) is 22.2. The van der Waals surface area contributed by atoms with Crippen LogP contribution < -0.4 is 15.4 Å². The summed E-state index contributed by atoms with van der Waals surface area (Å²) in [6.07, 6.45) is 3.24. The van der Waals surface area contributed by atoms with Crippen LogP contribution >= 0.6 is 21.6 Å². The van der Waals surface area contributed by atoms with Gasteiger partial charge in [0.15, 0.2) is 5.03 Å². The van der Waals surface area contributed by atoms with Crippen molar-refractivity contribution in [2.75, 3.05) is 24.4 Å². The van der Waals surface area contributed by atoms with E-state index < -0.39 is 61.2 Å². The zero-order valence-corrected chi connectivity index (χ0v) is 25.5. The molecule has 20 heteroatoms. The van der Waals surface area contributed by atoms with E-state index in [-0.39, 0.29) is 38.8 Å². The molecule has 1 heterocycles. The van der Waals surface area contributed by atoms with Crippen molar-refractivity contribution in [1.82, 2.24) is 20.4 Å². The molecule has 1 aliphatic rings. The van der Waals surface area contributed by atoms with Gasteiger partial charge in [0.1, 0.15) is 10.9 Å². The summed E-state index contributed by atoms with van der Waals surface area (Å²) in [6.45, 7) is -1.15. The van der Waals surface area contributed by atoms with E-state index in [0.29, 0.717) is 23.6 Å². The number of sulfonamides is 1. The van der Waals surface area contributed by atoms with Gasteiger partial charge >= 0.3 is 0 Å². The third-order valence-electron chi connectivity index (χ3n) is 5.83. The Morgan fingerprint density at radius 3 is 2.40 bits per heavy atom. The number of carbonyl (C=O) groups is 2. The molecule has 234 valence electrons. The fourth-order valence-electron chi connectivity index (χ4n) is 4.13. The van der Waals surface area contributed by atoms with Crippen molar-refractivity contribution in [1.29, 1.82) is 0 Å². The van der Waals surface area contributed by atoms with Crippen molar-refractivity contribution in [3.8, 4) is 0 Å². The van der Waals surface area contributed by atoms with Crippen LogP contribution in [0, 0.1) is 5.92 Å². The minimum atomic E-state index is -4.48. The molecule has 1 fully saturated rings.